The van der Waals surface area contributed by atoms with Gasteiger partial charge in [0.2, 0.25) is 0 Å². The number of aliphatic hydroxyl groups excluding tert-OH is 1. The van der Waals surface area contributed by atoms with E-state index in [1.807, 2.05) is 0 Å². The monoisotopic (exact) mass is 220 g/mol. The van der Waals surface area contributed by atoms with Crippen LogP contribution >= 0.6 is 0 Å². The van der Waals surface area contributed by atoms with Crippen LogP contribution in [-0.2, 0) is 0 Å². The molecule has 0 amide bonds. The van der Waals surface area contributed by atoms with Gasteiger partial charge in [0.05, 0.1) is 6.10 Å². The summed E-state index contributed by atoms with van der Waals surface area (Å²) in [6.45, 7) is 9.09. The van der Waals surface area contributed by atoms with Crippen LogP contribution < -0.4 is 0 Å². The van der Waals surface area contributed by atoms with Crippen LogP contribution in [0.3, 0.4) is 0 Å². The highest BCUT2D eigenvalue weighted by atomic mass is 16.3. The highest BCUT2D eigenvalue weighted by Crippen LogP contribution is 2.49. The Kier molecular flexibility index (Phi) is 3.00. The Hall–Kier alpha value is -0.560. The summed E-state index contributed by atoms with van der Waals surface area (Å²) in [5, 5.41) is 9.91. The van der Waals surface area contributed by atoms with Gasteiger partial charge in [0.15, 0.2) is 0 Å². The van der Waals surface area contributed by atoms with Crippen LogP contribution in [0.15, 0.2) is 23.3 Å². The Morgan fingerprint density at radius 3 is 2.75 bits per heavy atom. The molecule has 16 heavy (non-hydrogen) atoms. The van der Waals surface area contributed by atoms with Crippen LogP contribution in [0.1, 0.15) is 47.0 Å². The number of aliphatic hydroxyl groups is 1. The third-order valence-electron chi connectivity index (χ3n) is 4.32. The largest absolute Gasteiger partial charge is 0.393 e. The Morgan fingerprint density at radius 2 is 2.12 bits per heavy atom. The van der Waals surface area contributed by atoms with Gasteiger partial charge in [-0.25, -0.2) is 0 Å². The third kappa shape index (κ3) is 1.98. The minimum atomic E-state index is -0.105. The summed E-state index contributed by atoms with van der Waals surface area (Å²) in [4.78, 5) is 0. The molecule has 0 aliphatic heterocycles. The maximum absolute atomic E-state index is 9.91. The quantitative estimate of drug-likeness (QED) is 0.714. The molecule has 0 heterocycles. The third-order valence-corrected chi connectivity index (χ3v) is 4.32. The van der Waals surface area contributed by atoms with Crippen molar-refractivity contribution in [3.63, 3.8) is 0 Å². The average molecular weight is 220 g/mol. The Balaban J connectivity index is 2.31. The fraction of sp³-hybridized carbons (Fsp3) is 0.733. The summed E-state index contributed by atoms with van der Waals surface area (Å²) in [6.07, 6.45) is 7.65. The minimum Gasteiger partial charge on any atom is -0.393 e. The van der Waals surface area contributed by atoms with Crippen LogP contribution in [-0.4, -0.2) is 11.2 Å². The molecule has 0 saturated heterocycles. The van der Waals surface area contributed by atoms with Gasteiger partial charge >= 0.3 is 0 Å². The number of rotatable bonds is 1. The molecule has 2 aliphatic rings. The predicted octanol–water partition coefficient (Wildman–Crippen LogP) is 3.70. The van der Waals surface area contributed by atoms with Crippen molar-refractivity contribution in [2.45, 2.75) is 53.1 Å². The lowest BCUT2D eigenvalue weighted by molar-refractivity contribution is 0.0694. The first-order valence-corrected chi connectivity index (χ1v) is 6.52. The van der Waals surface area contributed by atoms with E-state index in [0.29, 0.717) is 11.8 Å². The lowest BCUT2D eigenvalue weighted by Crippen LogP contribution is -2.36. The molecule has 0 bridgehead atoms. The van der Waals surface area contributed by atoms with E-state index in [9.17, 15) is 5.11 Å². The van der Waals surface area contributed by atoms with E-state index in [1.54, 1.807) is 5.57 Å². The molecule has 0 radical (unpaired) electrons. The molecule has 1 heteroatoms. The number of fused-ring (bicyclic) bond motifs is 1. The van der Waals surface area contributed by atoms with E-state index >= 15 is 0 Å². The van der Waals surface area contributed by atoms with Gasteiger partial charge in [0, 0.05) is 0 Å². The SMILES string of the molecule is CC(C)C1=CCC2(C)CC(O)CC(C)C2=C1. The Bertz CT molecular complexity index is 337. The van der Waals surface area contributed by atoms with E-state index in [1.165, 1.54) is 5.57 Å². The second-order valence-electron chi connectivity index (χ2n) is 6.22. The van der Waals surface area contributed by atoms with Gasteiger partial charge in [-0.15, -0.1) is 0 Å². The molecule has 0 aromatic rings. The number of allylic oxidation sites excluding steroid dienone is 4. The zero-order chi connectivity index (χ0) is 11.9. The highest BCUT2D eigenvalue weighted by Gasteiger charge is 2.40. The minimum absolute atomic E-state index is 0.105. The first-order valence-electron chi connectivity index (χ1n) is 6.52. The molecule has 1 fully saturated rings. The lowest BCUT2D eigenvalue weighted by atomic mass is 9.62. The van der Waals surface area contributed by atoms with Crippen molar-refractivity contribution in [2.24, 2.45) is 17.3 Å². The second kappa shape index (κ2) is 4.03. The fourth-order valence-corrected chi connectivity index (χ4v) is 3.35. The van der Waals surface area contributed by atoms with Crippen molar-refractivity contribution in [2.75, 3.05) is 0 Å². The van der Waals surface area contributed by atoms with Crippen LogP contribution in [0.5, 0.6) is 0 Å². The van der Waals surface area contributed by atoms with E-state index in [2.05, 4.69) is 39.8 Å². The summed E-state index contributed by atoms with van der Waals surface area (Å²) in [6, 6.07) is 0. The summed E-state index contributed by atoms with van der Waals surface area (Å²) in [7, 11) is 0. The van der Waals surface area contributed by atoms with Gasteiger partial charge in [-0.3, -0.25) is 0 Å². The summed E-state index contributed by atoms with van der Waals surface area (Å²) in [5.41, 5.74) is 3.27. The van der Waals surface area contributed by atoms with Crippen LogP contribution in [0.4, 0.5) is 0 Å². The standard InChI is InChI=1S/C15H24O/c1-10(2)12-5-6-15(4)9-13(16)7-11(3)14(15)8-12/h5,8,10-11,13,16H,6-7,9H2,1-4H3. The highest BCUT2D eigenvalue weighted by molar-refractivity contribution is 5.36. The van der Waals surface area contributed by atoms with Gasteiger partial charge in [-0.1, -0.05) is 45.4 Å². The molecule has 90 valence electrons. The average Bonchev–Trinajstić information content (AvgIpc) is 2.15. The number of hydrogen-bond acceptors (Lipinski definition) is 1. The molecule has 0 aromatic heterocycles. The van der Waals surface area contributed by atoms with Gasteiger partial charge in [0.25, 0.3) is 0 Å². The van der Waals surface area contributed by atoms with Crippen molar-refractivity contribution < 1.29 is 5.11 Å². The molecule has 2 aliphatic carbocycles. The van der Waals surface area contributed by atoms with Gasteiger partial charge in [-0.2, -0.15) is 0 Å². The smallest absolute Gasteiger partial charge is 0.0554 e. The van der Waals surface area contributed by atoms with Crippen molar-refractivity contribution in [3.05, 3.63) is 23.3 Å². The van der Waals surface area contributed by atoms with Crippen LogP contribution in [0, 0.1) is 17.3 Å². The fourth-order valence-electron chi connectivity index (χ4n) is 3.35. The van der Waals surface area contributed by atoms with Crippen molar-refractivity contribution >= 4 is 0 Å². The topological polar surface area (TPSA) is 20.2 Å². The lowest BCUT2D eigenvalue weighted by Gasteiger charge is -2.44. The molecule has 2 rings (SSSR count). The molecular weight excluding hydrogens is 196 g/mol. The number of hydrogen-bond donors (Lipinski definition) is 1. The van der Waals surface area contributed by atoms with E-state index in [-0.39, 0.29) is 11.5 Å². The molecule has 3 unspecified atom stereocenters. The molecule has 3 atom stereocenters. The van der Waals surface area contributed by atoms with E-state index in [0.717, 1.165) is 19.3 Å². The summed E-state index contributed by atoms with van der Waals surface area (Å²) >= 11 is 0. The van der Waals surface area contributed by atoms with Crippen molar-refractivity contribution in [3.8, 4) is 0 Å². The van der Waals surface area contributed by atoms with E-state index < -0.39 is 0 Å². The van der Waals surface area contributed by atoms with E-state index in [4.69, 9.17) is 0 Å². The first-order chi connectivity index (χ1) is 7.42. The van der Waals surface area contributed by atoms with Gasteiger partial charge in [-0.05, 0) is 42.1 Å². The van der Waals surface area contributed by atoms with Crippen molar-refractivity contribution in [1.82, 2.24) is 0 Å². The Labute approximate surface area is 99.3 Å². The predicted molar refractivity (Wildman–Crippen MR) is 68.1 cm³/mol. The molecule has 0 aromatic carbocycles. The zero-order valence-electron chi connectivity index (χ0n) is 11.0. The van der Waals surface area contributed by atoms with Crippen LogP contribution in [0.2, 0.25) is 0 Å². The Morgan fingerprint density at radius 1 is 1.44 bits per heavy atom. The molecular formula is C15H24O. The normalized spacial score (nSPS) is 39.1. The van der Waals surface area contributed by atoms with Gasteiger partial charge in [0.1, 0.15) is 0 Å². The van der Waals surface area contributed by atoms with Crippen LogP contribution in [0.25, 0.3) is 0 Å². The van der Waals surface area contributed by atoms with Gasteiger partial charge < -0.3 is 5.11 Å². The molecule has 1 saturated carbocycles. The maximum atomic E-state index is 9.91. The second-order valence-corrected chi connectivity index (χ2v) is 6.22. The molecule has 1 N–H and O–H groups in total. The van der Waals surface area contributed by atoms with Crippen molar-refractivity contribution in [1.29, 1.82) is 0 Å². The zero-order valence-corrected chi connectivity index (χ0v) is 11.0. The summed E-state index contributed by atoms with van der Waals surface area (Å²) in [5.74, 6) is 1.16. The molecule has 0 spiro atoms. The maximum Gasteiger partial charge on any atom is 0.0554 e. The first kappa shape index (κ1) is 11.9. The summed E-state index contributed by atoms with van der Waals surface area (Å²) < 4.78 is 0. The molecule has 1 nitrogen and oxygen atoms in total.